The SMILES string of the molecule is Clc1cc(I)ccc1NCc1cccnc1. The van der Waals surface area contributed by atoms with Crippen LogP contribution in [0.3, 0.4) is 0 Å². The fourth-order valence-electron chi connectivity index (χ4n) is 1.33. The van der Waals surface area contributed by atoms with Gasteiger partial charge in [0.1, 0.15) is 0 Å². The monoisotopic (exact) mass is 344 g/mol. The molecule has 2 aromatic rings. The van der Waals surface area contributed by atoms with Gasteiger partial charge in [-0.1, -0.05) is 17.7 Å². The van der Waals surface area contributed by atoms with Crippen molar-refractivity contribution in [2.75, 3.05) is 5.32 Å². The number of rotatable bonds is 3. The van der Waals surface area contributed by atoms with Gasteiger partial charge in [0, 0.05) is 22.5 Å². The number of nitrogens with one attached hydrogen (secondary N) is 1. The summed E-state index contributed by atoms with van der Waals surface area (Å²) in [5, 5.41) is 4.03. The van der Waals surface area contributed by atoms with Crippen LogP contribution in [0.2, 0.25) is 5.02 Å². The highest BCUT2D eigenvalue weighted by molar-refractivity contribution is 14.1. The van der Waals surface area contributed by atoms with Crippen molar-refractivity contribution < 1.29 is 0 Å². The molecule has 0 aliphatic heterocycles. The first kappa shape index (κ1) is 11.7. The molecule has 1 aromatic heterocycles. The van der Waals surface area contributed by atoms with Crippen LogP contribution in [0.15, 0.2) is 42.7 Å². The fraction of sp³-hybridized carbons (Fsp3) is 0.0833. The van der Waals surface area contributed by atoms with Gasteiger partial charge in [0.2, 0.25) is 0 Å². The van der Waals surface area contributed by atoms with Crippen LogP contribution < -0.4 is 5.32 Å². The molecule has 2 nitrogen and oxygen atoms in total. The number of anilines is 1. The van der Waals surface area contributed by atoms with E-state index in [2.05, 4.69) is 32.9 Å². The summed E-state index contributed by atoms with van der Waals surface area (Å²) in [6.07, 6.45) is 3.61. The molecule has 0 aliphatic rings. The van der Waals surface area contributed by atoms with Crippen molar-refractivity contribution in [2.45, 2.75) is 6.54 Å². The van der Waals surface area contributed by atoms with Gasteiger partial charge < -0.3 is 5.32 Å². The zero-order chi connectivity index (χ0) is 11.4. The van der Waals surface area contributed by atoms with Crippen LogP contribution in [0.4, 0.5) is 5.69 Å². The highest BCUT2D eigenvalue weighted by Crippen LogP contribution is 2.24. The molecule has 0 aliphatic carbocycles. The van der Waals surface area contributed by atoms with Crippen LogP contribution in [0, 0.1) is 3.57 Å². The van der Waals surface area contributed by atoms with Crippen LogP contribution in [0.5, 0.6) is 0 Å². The first-order valence-corrected chi connectivity index (χ1v) is 6.29. The molecule has 0 atom stereocenters. The molecule has 0 amide bonds. The third kappa shape index (κ3) is 3.09. The third-order valence-corrected chi connectivity index (χ3v) is 3.12. The molecule has 1 heterocycles. The minimum absolute atomic E-state index is 0.730. The summed E-state index contributed by atoms with van der Waals surface area (Å²) in [4.78, 5) is 4.06. The predicted molar refractivity (Wildman–Crippen MR) is 75.7 cm³/mol. The molecule has 1 aromatic carbocycles. The van der Waals surface area contributed by atoms with E-state index in [9.17, 15) is 0 Å². The quantitative estimate of drug-likeness (QED) is 0.853. The van der Waals surface area contributed by atoms with Gasteiger partial charge in [-0.05, 0) is 52.4 Å². The average Bonchev–Trinajstić information content (AvgIpc) is 2.29. The Bertz CT molecular complexity index is 474. The molecule has 2 rings (SSSR count). The van der Waals surface area contributed by atoms with Gasteiger partial charge in [-0.3, -0.25) is 4.98 Å². The molecule has 0 bridgehead atoms. The number of nitrogens with zero attached hydrogens (tertiary/aromatic N) is 1. The van der Waals surface area contributed by atoms with E-state index < -0.39 is 0 Å². The molecule has 0 saturated heterocycles. The van der Waals surface area contributed by atoms with E-state index in [1.165, 1.54) is 0 Å². The Morgan fingerprint density at radius 2 is 2.19 bits per heavy atom. The Labute approximate surface area is 113 Å². The highest BCUT2D eigenvalue weighted by atomic mass is 127. The van der Waals surface area contributed by atoms with Crippen LogP contribution in [-0.2, 0) is 6.54 Å². The Morgan fingerprint density at radius 1 is 1.31 bits per heavy atom. The van der Waals surface area contributed by atoms with Gasteiger partial charge >= 0.3 is 0 Å². The van der Waals surface area contributed by atoms with E-state index in [1.807, 2.05) is 36.5 Å². The molecule has 16 heavy (non-hydrogen) atoms. The van der Waals surface area contributed by atoms with Crippen LogP contribution in [0.25, 0.3) is 0 Å². The van der Waals surface area contributed by atoms with E-state index in [1.54, 1.807) is 6.20 Å². The van der Waals surface area contributed by atoms with Crippen LogP contribution in [0.1, 0.15) is 5.56 Å². The molecular weight excluding hydrogens is 335 g/mol. The van der Waals surface area contributed by atoms with Gasteiger partial charge in [0.05, 0.1) is 10.7 Å². The second kappa shape index (κ2) is 5.50. The minimum atomic E-state index is 0.730. The summed E-state index contributed by atoms with van der Waals surface area (Å²) in [6.45, 7) is 0.730. The Morgan fingerprint density at radius 3 is 2.88 bits per heavy atom. The predicted octanol–water partition coefficient (Wildman–Crippen LogP) is 3.95. The number of hydrogen-bond donors (Lipinski definition) is 1. The van der Waals surface area contributed by atoms with E-state index in [0.29, 0.717) is 0 Å². The minimum Gasteiger partial charge on any atom is -0.380 e. The van der Waals surface area contributed by atoms with Crippen molar-refractivity contribution >= 4 is 39.9 Å². The van der Waals surface area contributed by atoms with Gasteiger partial charge in [0.15, 0.2) is 0 Å². The van der Waals surface area contributed by atoms with Crippen molar-refractivity contribution in [3.8, 4) is 0 Å². The lowest BCUT2D eigenvalue weighted by Gasteiger charge is -2.08. The topological polar surface area (TPSA) is 24.9 Å². The normalized spacial score (nSPS) is 10.1. The molecule has 0 saturated carbocycles. The standard InChI is InChI=1S/C12H10ClIN2/c13-11-6-10(14)3-4-12(11)16-8-9-2-1-5-15-7-9/h1-7,16H,8H2. The first-order valence-electron chi connectivity index (χ1n) is 4.83. The van der Waals surface area contributed by atoms with Gasteiger partial charge in [-0.15, -0.1) is 0 Å². The molecular formula is C12H10ClIN2. The van der Waals surface area contributed by atoms with Crippen molar-refractivity contribution in [1.29, 1.82) is 0 Å². The number of hydrogen-bond acceptors (Lipinski definition) is 2. The number of benzene rings is 1. The third-order valence-electron chi connectivity index (χ3n) is 2.14. The largest absolute Gasteiger partial charge is 0.380 e. The second-order valence-electron chi connectivity index (χ2n) is 3.34. The Hall–Kier alpha value is -0.810. The first-order chi connectivity index (χ1) is 7.75. The molecule has 0 radical (unpaired) electrons. The molecule has 4 heteroatoms. The summed E-state index contributed by atoms with van der Waals surface area (Å²) in [6, 6.07) is 9.90. The Kier molecular flexibility index (Phi) is 4.01. The average molecular weight is 345 g/mol. The molecule has 0 spiro atoms. The van der Waals surface area contributed by atoms with E-state index >= 15 is 0 Å². The smallest absolute Gasteiger partial charge is 0.0648 e. The van der Waals surface area contributed by atoms with E-state index in [-0.39, 0.29) is 0 Å². The van der Waals surface area contributed by atoms with Crippen molar-refractivity contribution in [3.05, 3.63) is 56.9 Å². The lowest BCUT2D eigenvalue weighted by atomic mass is 10.2. The maximum Gasteiger partial charge on any atom is 0.0648 e. The van der Waals surface area contributed by atoms with E-state index in [4.69, 9.17) is 11.6 Å². The number of aromatic nitrogens is 1. The highest BCUT2D eigenvalue weighted by Gasteiger charge is 2.00. The Balaban J connectivity index is 2.05. The van der Waals surface area contributed by atoms with Gasteiger partial charge in [0.25, 0.3) is 0 Å². The lowest BCUT2D eigenvalue weighted by molar-refractivity contribution is 1.11. The van der Waals surface area contributed by atoms with Gasteiger partial charge in [-0.25, -0.2) is 0 Å². The summed E-state index contributed by atoms with van der Waals surface area (Å²) in [5.74, 6) is 0. The second-order valence-corrected chi connectivity index (χ2v) is 4.99. The summed E-state index contributed by atoms with van der Waals surface area (Å²) in [5.41, 5.74) is 2.09. The lowest BCUT2D eigenvalue weighted by Crippen LogP contribution is -2.00. The zero-order valence-electron chi connectivity index (χ0n) is 8.45. The summed E-state index contributed by atoms with van der Waals surface area (Å²) < 4.78 is 1.13. The number of pyridine rings is 1. The summed E-state index contributed by atoms with van der Waals surface area (Å²) >= 11 is 8.35. The maximum absolute atomic E-state index is 6.11. The van der Waals surface area contributed by atoms with Crippen molar-refractivity contribution in [2.24, 2.45) is 0 Å². The van der Waals surface area contributed by atoms with E-state index in [0.717, 1.165) is 26.4 Å². The van der Waals surface area contributed by atoms with Crippen LogP contribution >= 0.6 is 34.2 Å². The zero-order valence-corrected chi connectivity index (χ0v) is 11.4. The molecule has 0 fully saturated rings. The molecule has 0 unspecified atom stereocenters. The fourth-order valence-corrected chi connectivity index (χ4v) is 2.26. The summed E-state index contributed by atoms with van der Waals surface area (Å²) in [7, 11) is 0. The molecule has 1 N–H and O–H groups in total. The van der Waals surface area contributed by atoms with Crippen molar-refractivity contribution in [3.63, 3.8) is 0 Å². The maximum atomic E-state index is 6.11. The molecule has 82 valence electrons. The van der Waals surface area contributed by atoms with Crippen molar-refractivity contribution in [1.82, 2.24) is 4.98 Å². The van der Waals surface area contributed by atoms with Crippen LogP contribution in [-0.4, -0.2) is 4.98 Å². The van der Waals surface area contributed by atoms with Gasteiger partial charge in [-0.2, -0.15) is 0 Å². The number of halogens is 2.